The molecule has 0 unspecified atom stereocenters. The number of alkyl halides is 3. The second kappa shape index (κ2) is 7.92. The summed E-state index contributed by atoms with van der Waals surface area (Å²) in [5.74, 6) is -0.210. The first kappa shape index (κ1) is 18.6. The Balaban J connectivity index is 1.84. The minimum Gasteiger partial charge on any atom is -0.349 e. The van der Waals surface area contributed by atoms with E-state index in [1.54, 1.807) is 0 Å². The maximum atomic E-state index is 12.7. The molecular weight excluding hydrogens is 321 g/mol. The second-order valence-corrected chi connectivity index (χ2v) is 6.25. The van der Waals surface area contributed by atoms with Crippen molar-refractivity contribution in [1.82, 2.24) is 20.2 Å². The quantitative estimate of drug-likeness (QED) is 0.892. The van der Waals surface area contributed by atoms with Crippen LogP contribution in [0.15, 0.2) is 6.07 Å². The molecule has 1 saturated heterocycles. The van der Waals surface area contributed by atoms with Crippen molar-refractivity contribution in [3.63, 3.8) is 0 Å². The number of carbonyl (C=O) groups is 1. The number of likely N-dealkylation sites (tertiary alicyclic amines) is 1. The third kappa shape index (κ3) is 5.43. The van der Waals surface area contributed by atoms with Crippen LogP contribution in [-0.4, -0.2) is 40.4 Å². The molecule has 1 atom stereocenters. The molecule has 0 aromatic carbocycles. The zero-order valence-electron chi connectivity index (χ0n) is 14.0. The van der Waals surface area contributed by atoms with Crippen molar-refractivity contribution in [3.05, 3.63) is 23.3 Å². The molecule has 1 aromatic rings. The Hall–Kier alpha value is -1.70. The number of halogens is 3. The number of nitrogens with one attached hydrogen (secondary N) is 1. The first-order valence-electron chi connectivity index (χ1n) is 8.14. The SMILES string of the molecule is Cc1cc(C(F)(F)F)nc(CNC(=O)CC[C@H]2CCCCN2C)n1. The summed E-state index contributed by atoms with van der Waals surface area (Å²) >= 11 is 0. The Bertz CT molecular complexity index is 577. The van der Waals surface area contributed by atoms with Gasteiger partial charge >= 0.3 is 6.18 Å². The molecule has 24 heavy (non-hydrogen) atoms. The van der Waals surface area contributed by atoms with Crippen molar-refractivity contribution < 1.29 is 18.0 Å². The number of amides is 1. The molecule has 134 valence electrons. The number of carbonyl (C=O) groups excluding carboxylic acids is 1. The van der Waals surface area contributed by atoms with Crippen LogP contribution < -0.4 is 5.32 Å². The molecule has 2 heterocycles. The summed E-state index contributed by atoms with van der Waals surface area (Å²) in [6, 6.07) is 1.29. The van der Waals surface area contributed by atoms with Gasteiger partial charge in [-0.25, -0.2) is 9.97 Å². The molecule has 0 radical (unpaired) electrons. The summed E-state index contributed by atoms with van der Waals surface area (Å²) in [4.78, 5) is 21.6. The van der Waals surface area contributed by atoms with Gasteiger partial charge in [0.1, 0.15) is 11.5 Å². The largest absolute Gasteiger partial charge is 0.433 e. The number of nitrogens with zero attached hydrogens (tertiary/aromatic N) is 3. The number of aryl methyl sites for hydroxylation is 1. The van der Waals surface area contributed by atoms with Gasteiger partial charge in [0.05, 0.1) is 6.54 Å². The first-order valence-corrected chi connectivity index (χ1v) is 8.14. The van der Waals surface area contributed by atoms with Gasteiger partial charge in [-0.1, -0.05) is 6.42 Å². The zero-order chi connectivity index (χ0) is 17.7. The normalized spacial score (nSPS) is 19.3. The lowest BCUT2D eigenvalue weighted by molar-refractivity contribution is -0.141. The highest BCUT2D eigenvalue weighted by Gasteiger charge is 2.33. The van der Waals surface area contributed by atoms with E-state index >= 15 is 0 Å². The predicted octanol–water partition coefficient (Wildman–Crippen LogP) is 2.68. The van der Waals surface area contributed by atoms with Crippen molar-refractivity contribution >= 4 is 5.91 Å². The maximum absolute atomic E-state index is 12.7. The van der Waals surface area contributed by atoms with E-state index in [4.69, 9.17) is 0 Å². The highest BCUT2D eigenvalue weighted by molar-refractivity contribution is 5.75. The van der Waals surface area contributed by atoms with E-state index in [-0.39, 0.29) is 24.0 Å². The van der Waals surface area contributed by atoms with Crippen LogP contribution >= 0.6 is 0 Å². The Morgan fingerprint density at radius 2 is 2.12 bits per heavy atom. The number of rotatable bonds is 5. The number of hydrogen-bond acceptors (Lipinski definition) is 4. The molecule has 2 rings (SSSR count). The fraction of sp³-hybridized carbons (Fsp3) is 0.688. The van der Waals surface area contributed by atoms with Gasteiger partial charge in [-0.3, -0.25) is 4.79 Å². The van der Waals surface area contributed by atoms with Crippen LogP contribution in [0.25, 0.3) is 0 Å². The van der Waals surface area contributed by atoms with Crippen molar-refractivity contribution in [3.8, 4) is 0 Å². The minimum atomic E-state index is -4.52. The Morgan fingerprint density at radius 3 is 2.79 bits per heavy atom. The Morgan fingerprint density at radius 1 is 1.38 bits per heavy atom. The average Bonchev–Trinajstić information content (AvgIpc) is 2.51. The molecular formula is C16H23F3N4O. The summed E-state index contributed by atoms with van der Waals surface area (Å²) in [5.41, 5.74) is -0.756. The van der Waals surface area contributed by atoms with Crippen LogP contribution in [0, 0.1) is 6.92 Å². The highest BCUT2D eigenvalue weighted by atomic mass is 19.4. The molecule has 0 bridgehead atoms. The van der Waals surface area contributed by atoms with E-state index in [1.807, 2.05) is 0 Å². The van der Waals surface area contributed by atoms with Gasteiger partial charge in [0, 0.05) is 18.2 Å². The second-order valence-electron chi connectivity index (χ2n) is 6.25. The lowest BCUT2D eigenvalue weighted by Crippen LogP contribution is -2.37. The van der Waals surface area contributed by atoms with E-state index in [0.717, 1.165) is 25.5 Å². The third-order valence-electron chi connectivity index (χ3n) is 4.26. The van der Waals surface area contributed by atoms with Crippen molar-refractivity contribution in [2.24, 2.45) is 0 Å². The third-order valence-corrected chi connectivity index (χ3v) is 4.26. The van der Waals surface area contributed by atoms with Gasteiger partial charge in [0.25, 0.3) is 0 Å². The van der Waals surface area contributed by atoms with Gasteiger partial charge in [0.15, 0.2) is 0 Å². The number of piperidine rings is 1. The van der Waals surface area contributed by atoms with E-state index < -0.39 is 11.9 Å². The van der Waals surface area contributed by atoms with Gasteiger partial charge in [0.2, 0.25) is 5.91 Å². The van der Waals surface area contributed by atoms with E-state index in [1.165, 1.54) is 19.8 Å². The average molecular weight is 344 g/mol. The topological polar surface area (TPSA) is 58.1 Å². The summed E-state index contributed by atoms with van der Waals surface area (Å²) in [5, 5.41) is 2.61. The van der Waals surface area contributed by atoms with E-state index in [9.17, 15) is 18.0 Å². The van der Waals surface area contributed by atoms with Crippen LogP contribution in [-0.2, 0) is 17.5 Å². The lowest BCUT2D eigenvalue weighted by Gasteiger charge is -2.32. The van der Waals surface area contributed by atoms with Gasteiger partial charge in [-0.2, -0.15) is 13.2 Å². The number of aromatic nitrogens is 2. The minimum absolute atomic E-state index is 0.0227. The standard InChI is InChI=1S/C16H23F3N4O/c1-11-9-13(16(17,18)19)22-14(21-11)10-20-15(24)7-6-12-5-3-4-8-23(12)2/h9,12H,3-8,10H2,1-2H3,(H,20,24)/t12-/m1/s1. The summed E-state index contributed by atoms with van der Waals surface area (Å²) < 4.78 is 38.2. The lowest BCUT2D eigenvalue weighted by atomic mass is 9.98. The van der Waals surface area contributed by atoms with Crippen LogP contribution in [0.4, 0.5) is 13.2 Å². The van der Waals surface area contributed by atoms with Gasteiger partial charge in [-0.15, -0.1) is 0 Å². The maximum Gasteiger partial charge on any atom is 0.433 e. The molecule has 1 amide bonds. The van der Waals surface area contributed by atoms with Crippen LogP contribution in [0.3, 0.4) is 0 Å². The Labute approximate surface area is 139 Å². The van der Waals surface area contributed by atoms with Gasteiger partial charge < -0.3 is 10.2 Å². The highest BCUT2D eigenvalue weighted by Crippen LogP contribution is 2.27. The molecule has 0 spiro atoms. The molecule has 1 aliphatic rings. The molecule has 5 nitrogen and oxygen atoms in total. The van der Waals surface area contributed by atoms with Crippen molar-refractivity contribution in [1.29, 1.82) is 0 Å². The molecule has 0 saturated carbocycles. The molecule has 0 aliphatic carbocycles. The van der Waals surface area contributed by atoms with E-state index in [0.29, 0.717) is 12.5 Å². The molecule has 1 aromatic heterocycles. The fourth-order valence-electron chi connectivity index (χ4n) is 2.93. The predicted molar refractivity (Wildman–Crippen MR) is 83.1 cm³/mol. The first-order chi connectivity index (χ1) is 11.3. The van der Waals surface area contributed by atoms with Crippen molar-refractivity contribution in [2.45, 2.75) is 57.8 Å². The number of hydrogen-bond donors (Lipinski definition) is 1. The van der Waals surface area contributed by atoms with Crippen LogP contribution in [0.2, 0.25) is 0 Å². The van der Waals surface area contributed by atoms with Crippen molar-refractivity contribution in [2.75, 3.05) is 13.6 Å². The van der Waals surface area contributed by atoms with Crippen LogP contribution in [0.1, 0.15) is 49.3 Å². The van der Waals surface area contributed by atoms with E-state index in [2.05, 4.69) is 27.2 Å². The molecule has 1 aliphatic heterocycles. The summed E-state index contributed by atoms with van der Waals surface area (Å²) in [6.07, 6.45) is 0.0366. The monoisotopic (exact) mass is 344 g/mol. The smallest absolute Gasteiger partial charge is 0.349 e. The van der Waals surface area contributed by atoms with Gasteiger partial charge in [-0.05, 0) is 45.8 Å². The molecule has 1 fully saturated rings. The molecule has 1 N–H and O–H groups in total. The Kier molecular flexibility index (Phi) is 6.15. The summed E-state index contributed by atoms with van der Waals surface area (Å²) in [7, 11) is 2.06. The zero-order valence-corrected chi connectivity index (χ0v) is 14.0. The molecule has 8 heteroatoms. The van der Waals surface area contributed by atoms with Crippen LogP contribution in [0.5, 0.6) is 0 Å². The summed E-state index contributed by atoms with van der Waals surface area (Å²) in [6.45, 7) is 2.43. The fourth-order valence-corrected chi connectivity index (χ4v) is 2.93.